The number of anilines is 1. The molecule has 2 aliphatic rings. The molecule has 0 fully saturated rings. The normalized spacial score (nSPS) is 14.0. The van der Waals surface area contributed by atoms with E-state index in [0.29, 0.717) is 22.8 Å². The smallest absolute Gasteiger partial charge is 0.104 e. The summed E-state index contributed by atoms with van der Waals surface area (Å²) in [5, 5.41) is 16.7. The summed E-state index contributed by atoms with van der Waals surface area (Å²) in [5.41, 5.74) is 21.4. The van der Waals surface area contributed by atoms with Crippen molar-refractivity contribution in [2.24, 2.45) is 10.7 Å². The second-order valence-corrected chi connectivity index (χ2v) is 15.0. The van der Waals surface area contributed by atoms with Crippen LogP contribution in [0.15, 0.2) is 169 Å². The van der Waals surface area contributed by atoms with Gasteiger partial charge in [0.25, 0.3) is 0 Å². The monoisotopic (exact) mass is 750 g/mol. The number of fused-ring (bicyclic) bond motifs is 7. The van der Waals surface area contributed by atoms with E-state index in [4.69, 9.17) is 16.1 Å². The molecule has 0 atom stereocenters. The van der Waals surface area contributed by atoms with Crippen molar-refractivity contribution < 1.29 is 0 Å². The van der Waals surface area contributed by atoms with Gasteiger partial charge in [0.1, 0.15) is 5.71 Å². The number of aromatic nitrogens is 2. The number of benzene rings is 6. The number of hydrogen-bond acceptors (Lipinski definition) is 4. The van der Waals surface area contributed by atoms with Gasteiger partial charge in [-0.2, -0.15) is 0 Å². The summed E-state index contributed by atoms with van der Waals surface area (Å²) in [7, 11) is 0. The van der Waals surface area contributed by atoms with Crippen molar-refractivity contribution in [3.05, 3.63) is 198 Å². The van der Waals surface area contributed by atoms with Crippen LogP contribution in [0.5, 0.6) is 0 Å². The van der Waals surface area contributed by atoms with Crippen LogP contribution in [0, 0.1) is 5.41 Å². The maximum Gasteiger partial charge on any atom is 0.104 e. The molecule has 58 heavy (non-hydrogen) atoms. The number of nitrogens with one attached hydrogen (secondary N) is 2. The Kier molecular flexibility index (Phi) is 8.79. The van der Waals surface area contributed by atoms with Crippen LogP contribution in [0.25, 0.3) is 67.5 Å². The first-order valence-corrected chi connectivity index (χ1v) is 19.9. The van der Waals surface area contributed by atoms with Crippen LogP contribution in [-0.2, 0) is 12.8 Å². The summed E-state index contributed by atoms with van der Waals surface area (Å²) in [6, 6.07) is 48.5. The Morgan fingerprint density at radius 1 is 0.672 bits per heavy atom. The van der Waals surface area contributed by atoms with Gasteiger partial charge in [0, 0.05) is 56.6 Å². The number of nitrogens with two attached hydrogens (primary N) is 1. The second kappa shape index (κ2) is 14.6. The Hall–Kier alpha value is -7.44. The zero-order chi connectivity index (χ0) is 39.2. The molecule has 6 nitrogen and oxygen atoms in total. The van der Waals surface area contributed by atoms with Gasteiger partial charge in [-0.3, -0.25) is 0 Å². The van der Waals surface area contributed by atoms with Crippen molar-refractivity contribution in [2.45, 2.75) is 25.7 Å². The maximum absolute atomic E-state index is 8.50. The minimum absolute atomic E-state index is 0.376. The van der Waals surface area contributed by atoms with Crippen molar-refractivity contribution in [1.82, 2.24) is 9.13 Å². The molecule has 0 radical (unpaired) electrons. The lowest BCUT2D eigenvalue weighted by molar-refractivity contribution is 0.888. The van der Waals surface area contributed by atoms with Gasteiger partial charge < -0.3 is 25.6 Å². The lowest BCUT2D eigenvalue weighted by atomic mass is 10.0. The summed E-state index contributed by atoms with van der Waals surface area (Å²) < 4.78 is 4.72. The highest BCUT2D eigenvalue weighted by Crippen LogP contribution is 2.36. The molecule has 0 saturated heterocycles. The molecular formula is C52H42N6. The fraction of sp³-hybridized carbons (Fsp3) is 0.0769. The number of aliphatic imine (C=N–C) groups is 1. The highest BCUT2D eigenvalue weighted by molar-refractivity contribution is 6.39. The first-order valence-electron chi connectivity index (χ1n) is 19.9. The third kappa shape index (κ3) is 6.07. The summed E-state index contributed by atoms with van der Waals surface area (Å²) >= 11 is 0. The SMILES string of the molecule is C=C(Nc1ccc2ccccc2c1)/C(C=N)=N\C(=C(/N)c1ccc(-n2c3c(c4ccccc42)C=CCC3)cc1)c1ccc(-n2c3c(c4ccccc42)CCC=C3)cc1. The molecule has 0 bridgehead atoms. The van der Waals surface area contributed by atoms with Crippen LogP contribution in [0.2, 0.25) is 0 Å². The first kappa shape index (κ1) is 35.0. The Morgan fingerprint density at radius 3 is 2.09 bits per heavy atom. The maximum atomic E-state index is 8.50. The lowest BCUT2D eigenvalue weighted by Crippen LogP contribution is -2.13. The fourth-order valence-corrected chi connectivity index (χ4v) is 8.72. The molecule has 280 valence electrons. The number of para-hydroxylation sites is 2. The van der Waals surface area contributed by atoms with Crippen LogP contribution in [0.4, 0.5) is 5.69 Å². The predicted octanol–water partition coefficient (Wildman–Crippen LogP) is 12.1. The van der Waals surface area contributed by atoms with Gasteiger partial charge in [0.15, 0.2) is 0 Å². The average Bonchev–Trinajstić information content (AvgIpc) is 3.80. The predicted molar refractivity (Wildman–Crippen MR) is 245 cm³/mol. The quantitative estimate of drug-likeness (QED) is 0.101. The zero-order valence-corrected chi connectivity index (χ0v) is 32.1. The van der Waals surface area contributed by atoms with Crippen molar-refractivity contribution >= 4 is 73.7 Å². The van der Waals surface area contributed by atoms with Gasteiger partial charge in [0.05, 0.1) is 28.1 Å². The van der Waals surface area contributed by atoms with E-state index in [1.165, 1.54) is 50.5 Å². The van der Waals surface area contributed by atoms with Gasteiger partial charge in [-0.1, -0.05) is 116 Å². The standard InChI is InChI=1S/C52H42N6/c1-34(55-39-27-22-35-12-2-3-13-38(35)32-39)46(33-53)56-52(37-25-30-41(31-26-37)58-49-20-10-6-16-44(49)45-17-7-11-21-50(45)58)51(54)36-23-28-40(29-24-36)57-47-18-8-4-14-42(47)43-15-5-9-19-48(43)57/h2-6,8,10-16,18,20-33,53,55H,1,7,9,17,19,54H2/b52-51-,53-33?,56-46-. The van der Waals surface area contributed by atoms with E-state index >= 15 is 0 Å². The van der Waals surface area contributed by atoms with E-state index in [0.717, 1.165) is 64.6 Å². The largest absolute Gasteiger partial charge is 0.396 e. The van der Waals surface area contributed by atoms with E-state index in [9.17, 15) is 0 Å². The van der Waals surface area contributed by atoms with Crippen molar-refractivity contribution in [3.63, 3.8) is 0 Å². The van der Waals surface area contributed by atoms with Gasteiger partial charge in [0.2, 0.25) is 0 Å². The number of rotatable bonds is 9. The van der Waals surface area contributed by atoms with Crippen LogP contribution in [0.1, 0.15) is 46.5 Å². The number of nitrogens with zero attached hydrogens (tertiary/aromatic N) is 3. The van der Waals surface area contributed by atoms with E-state index in [1.54, 1.807) is 0 Å². The fourth-order valence-electron chi connectivity index (χ4n) is 8.72. The molecule has 8 aromatic rings. The van der Waals surface area contributed by atoms with E-state index in [2.05, 4.69) is 167 Å². The lowest BCUT2D eigenvalue weighted by Gasteiger charge is -2.16. The van der Waals surface area contributed by atoms with Gasteiger partial charge in [-0.25, -0.2) is 4.99 Å². The molecule has 0 unspecified atom stereocenters. The Balaban J connectivity index is 1.06. The highest BCUT2D eigenvalue weighted by Gasteiger charge is 2.21. The third-order valence-corrected chi connectivity index (χ3v) is 11.5. The summed E-state index contributed by atoms with van der Waals surface area (Å²) in [5.74, 6) is 0. The van der Waals surface area contributed by atoms with Crippen molar-refractivity contribution in [1.29, 1.82) is 5.41 Å². The number of aryl methyl sites for hydroxylation is 1. The molecule has 0 saturated carbocycles. The van der Waals surface area contributed by atoms with Crippen LogP contribution >= 0.6 is 0 Å². The minimum Gasteiger partial charge on any atom is -0.396 e. The molecule has 0 spiro atoms. The summed E-state index contributed by atoms with van der Waals surface area (Å²) in [6.45, 7) is 4.32. The van der Waals surface area contributed by atoms with Crippen molar-refractivity contribution in [3.8, 4) is 11.4 Å². The molecule has 2 aliphatic carbocycles. The Morgan fingerprint density at radius 2 is 1.31 bits per heavy atom. The van der Waals surface area contributed by atoms with E-state index in [1.807, 2.05) is 18.2 Å². The molecule has 0 amide bonds. The summed E-state index contributed by atoms with van der Waals surface area (Å²) in [6.07, 6.45) is 14.3. The third-order valence-electron chi connectivity index (χ3n) is 11.5. The molecule has 2 heterocycles. The molecule has 4 N–H and O–H groups in total. The van der Waals surface area contributed by atoms with Gasteiger partial charge in [-0.15, -0.1) is 0 Å². The van der Waals surface area contributed by atoms with Crippen LogP contribution < -0.4 is 11.1 Å². The number of hydrogen-bond donors (Lipinski definition) is 3. The second-order valence-electron chi connectivity index (χ2n) is 15.0. The highest BCUT2D eigenvalue weighted by atomic mass is 15.0. The van der Waals surface area contributed by atoms with Gasteiger partial charge in [-0.05, 0) is 102 Å². The van der Waals surface area contributed by atoms with Crippen molar-refractivity contribution in [2.75, 3.05) is 5.32 Å². The Labute approximate surface area is 337 Å². The van der Waals surface area contributed by atoms with E-state index < -0.39 is 0 Å². The Bertz CT molecular complexity index is 3060. The molecule has 2 aromatic heterocycles. The molecule has 10 rings (SSSR count). The number of allylic oxidation sites excluding steroid dienone is 3. The minimum atomic E-state index is 0.376. The first-order chi connectivity index (χ1) is 28.6. The topological polar surface area (TPSA) is 84.1 Å². The van der Waals surface area contributed by atoms with Gasteiger partial charge >= 0.3 is 0 Å². The molecular weight excluding hydrogens is 709 g/mol. The molecule has 0 aliphatic heterocycles. The van der Waals surface area contributed by atoms with Crippen LogP contribution in [0.3, 0.4) is 0 Å². The molecule has 6 aromatic carbocycles. The zero-order valence-electron chi connectivity index (χ0n) is 32.1. The summed E-state index contributed by atoms with van der Waals surface area (Å²) in [4.78, 5) is 5.12. The van der Waals surface area contributed by atoms with E-state index in [-0.39, 0.29) is 0 Å². The van der Waals surface area contributed by atoms with Crippen LogP contribution in [-0.4, -0.2) is 21.1 Å². The molecule has 6 heteroatoms. The average molecular weight is 751 g/mol.